The summed E-state index contributed by atoms with van der Waals surface area (Å²) in [5.41, 5.74) is 1.39. The fourth-order valence-corrected chi connectivity index (χ4v) is 2.52. The van der Waals surface area contributed by atoms with Gasteiger partial charge in [0.25, 0.3) is 0 Å². The van der Waals surface area contributed by atoms with Crippen molar-refractivity contribution in [2.45, 2.75) is 18.9 Å². The van der Waals surface area contributed by atoms with Gasteiger partial charge in [-0.1, -0.05) is 18.2 Å². The molecule has 2 aromatic rings. The molecule has 1 heterocycles. The second-order valence-corrected chi connectivity index (χ2v) is 4.86. The Bertz CT molecular complexity index is 640. The second kappa shape index (κ2) is 5.21. The van der Waals surface area contributed by atoms with Gasteiger partial charge >= 0.3 is 0 Å². The predicted octanol–water partition coefficient (Wildman–Crippen LogP) is 3.37. The highest BCUT2D eigenvalue weighted by Crippen LogP contribution is 2.36. The van der Waals surface area contributed by atoms with E-state index in [1.165, 1.54) is 0 Å². The van der Waals surface area contributed by atoms with Crippen molar-refractivity contribution in [1.82, 2.24) is 0 Å². The molecule has 0 bridgehead atoms. The summed E-state index contributed by atoms with van der Waals surface area (Å²) in [7, 11) is 0. The van der Waals surface area contributed by atoms with Crippen LogP contribution in [-0.4, -0.2) is 11.7 Å². The minimum Gasteiger partial charge on any atom is -0.493 e. The number of fused-ring (bicyclic) bond motifs is 1. The molecule has 1 N–H and O–H groups in total. The standard InChI is InChI=1S/C16H14F2O2/c17-11-6-7-14(18)13(9-11)15(19)12-5-1-3-10-4-2-8-20-16(10)12/h1,3,5-7,9,15,19H,2,4,8H2. The SMILES string of the molecule is OC(c1cc(F)ccc1F)c1cccc2c1OCCC2. The van der Waals surface area contributed by atoms with Crippen LogP contribution < -0.4 is 4.74 Å². The Balaban J connectivity index is 2.06. The Kier molecular flexibility index (Phi) is 3.40. The van der Waals surface area contributed by atoms with Crippen molar-refractivity contribution in [2.75, 3.05) is 6.61 Å². The molecule has 0 fully saturated rings. The summed E-state index contributed by atoms with van der Waals surface area (Å²) in [5, 5.41) is 10.4. The lowest BCUT2D eigenvalue weighted by Crippen LogP contribution is -2.13. The Labute approximate surface area is 115 Å². The Hall–Kier alpha value is -1.94. The monoisotopic (exact) mass is 276 g/mol. The minimum atomic E-state index is -1.24. The summed E-state index contributed by atoms with van der Waals surface area (Å²) >= 11 is 0. The molecular weight excluding hydrogens is 262 g/mol. The van der Waals surface area contributed by atoms with Crippen molar-refractivity contribution in [3.05, 3.63) is 64.7 Å². The molecule has 1 aliphatic heterocycles. The van der Waals surface area contributed by atoms with Crippen LogP contribution in [0, 0.1) is 11.6 Å². The number of halogens is 2. The van der Waals surface area contributed by atoms with Crippen LogP contribution in [0.2, 0.25) is 0 Å². The van der Waals surface area contributed by atoms with E-state index in [2.05, 4.69) is 0 Å². The van der Waals surface area contributed by atoms with Gasteiger partial charge in [0.1, 0.15) is 23.5 Å². The summed E-state index contributed by atoms with van der Waals surface area (Å²) in [6.45, 7) is 0.572. The molecule has 1 atom stereocenters. The Morgan fingerprint density at radius 1 is 1.10 bits per heavy atom. The van der Waals surface area contributed by atoms with Crippen molar-refractivity contribution in [3.8, 4) is 5.75 Å². The summed E-state index contributed by atoms with van der Waals surface area (Å²) in [4.78, 5) is 0. The molecule has 4 heteroatoms. The molecule has 3 rings (SSSR count). The van der Waals surface area contributed by atoms with Gasteiger partial charge in [-0.25, -0.2) is 8.78 Å². The highest BCUT2D eigenvalue weighted by Gasteiger charge is 2.23. The smallest absolute Gasteiger partial charge is 0.129 e. The normalized spacial score (nSPS) is 15.3. The lowest BCUT2D eigenvalue weighted by molar-refractivity contribution is 0.202. The third-order valence-electron chi connectivity index (χ3n) is 3.51. The maximum absolute atomic E-state index is 13.8. The van der Waals surface area contributed by atoms with Crippen molar-refractivity contribution < 1.29 is 18.6 Å². The van der Waals surface area contributed by atoms with Crippen LogP contribution in [0.3, 0.4) is 0 Å². The van der Waals surface area contributed by atoms with Crippen LogP contribution in [-0.2, 0) is 6.42 Å². The maximum atomic E-state index is 13.8. The summed E-state index contributed by atoms with van der Waals surface area (Å²) in [5.74, 6) is -0.617. The van der Waals surface area contributed by atoms with E-state index >= 15 is 0 Å². The second-order valence-electron chi connectivity index (χ2n) is 4.86. The van der Waals surface area contributed by atoms with E-state index in [-0.39, 0.29) is 5.56 Å². The fourth-order valence-electron chi connectivity index (χ4n) is 2.52. The zero-order valence-electron chi connectivity index (χ0n) is 10.8. The summed E-state index contributed by atoms with van der Waals surface area (Å²) in [6.07, 6.45) is 0.543. The van der Waals surface area contributed by atoms with Crippen LogP contribution in [0.15, 0.2) is 36.4 Å². The van der Waals surface area contributed by atoms with Crippen molar-refractivity contribution in [1.29, 1.82) is 0 Å². The van der Waals surface area contributed by atoms with E-state index in [0.717, 1.165) is 36.6 Å². The molecule has 0 radical (unpaired) electrons. The summed E-state index contributed by atoms with van der Waals surface area (Å²) < 4.78 is 32.6. The molecule has 0 aromatic heterocycles. The van der Waals surface area contributed by atoms with Gasteiger partial charge in [-0.15, -0.1) is 0 Å². The van der Waals surface area contributed by atoms with Crippen LogP contribution in [0.25, 0.3) is 0 Å². The minimum absolute atomic E-state index is 0.0763. The molecule has 1 unspecified atom stereocenters. The lowest BCUT2D eigenvalue weighted by atomic mass is 9.95. The number of hydrogen-bond donors (Lipinski definition) is 1. The Morgan fingerprint density at radius 2 is 1.95 bits per heavy atom. The molecule has 0 aliphatic carbocycles. The molecule has 0 saturated carbocycles. The third-order valence-corrected chi connectivity index (χ3v) is 3.51. The van der Waals surface area contributed by atoms with Crippen molar-refractivity contribution >= 4 is 0 Å². The van der Waals surface area contributed by atoms with E-state index < -0.39 is 17.7 Å². The molecule has 2 aromatic carbocycles. The van der Waals surface area contributed by atoms with Crippen LogP contribution >= 0.6 is 0 Å². The van der Waals surface area contributed by atoms with Gasteiger partial charge in [0.15, 0.2) is 0 Å². The zero-order valence-corrected chi connectivity index (χ0v) is 10.8. The number of ether oxygens (including phenoxy) is 1. The van der Waals surface area contributed by atoms with Gasteiger partial charge in [0, 0.05) is 11.1 Å². The zero-order chi connectivity index (χ0) is 14.1. The van der Waals surface area contributed by atoms with Crippen LogP contribution in [0.1, 0.15) is 29.2 Å². The Morgan fingerprint density at radius 3 is 2.80 bits per heavy atom. The van der Waals surface area contributed by atoms with E-state index in [1.807, 2.05) is 6.07 Å². The van der Waals surface area contributed by atoms with Gasteiger partial charge in [-0.3, -0.25) is 0 Å². The number of benzene rings is 2. The fraction of sp³-hybridized carbons (Fsp3) is 0.250. The van der Waals surface area contributed by atoms with Crippen LogP contribution in [0.4, 0.5) is 8.78 Å². The molecule has 0 spiro atoms. The maximum Gasteiger partial charge on any atom is 0.129 e. The van der Waals surface area contributed by atoms with Gasteiger partial charge in [0.2, 0.25) is 0 Å². The van der Waals surface area contributed by atoms with Gasteiger partial charge < -0.3 is 9.84 Å². The molecule has 0 saturated heterocycles. The predicted molar refractivity (Wildman–Crippen MR) is 70.7 cm³/mol. The number of para-hydroxylation sites is 1. The van der Waals surface area contributed by atoms with E-state index in [4.69, 9.17) is 4.74 Å². The highest BCUT2D eigenvalue weighted by molar-refractivity contribution is 5.47. The van der Waals surface area contributed by atoms with E-state index in [9.17, 15) is 13.9 Å². The topological polar surface area (TPSA) is 29.5 Å². The van der Waals surface area contributed by atoms with Crippen molar-refractivity contribution in [3.63, 3.8) is 0 Å². The highest BCUT2D eigenvalue weighted by atomic mass is 19.1. The van der Waals surface area contributed by atoms with Crippen molar-refractivity contribution in [2.24, 2.45) is 0 Å². The average Bonchev–Trinajstić information content (AvgIpc) is 2.48. The molecule has 0 amide bonds. The number of hydrogen-bond acceptors (Lipinski definition) is 2. The third kappa shape index (κ3) is 2.27. The quantitative estimate of drug-likeness (QED) is 0.911. The first-order valence-electron chi connectivity index (χ1n) is 6.54. The number of aliphatic hydroxyl groups excluding tert-OH is 1. The number of aryl methyl sites for hydroxylation is 1. The molecular formula is C16H14F2O2. The molecule has 104 valence electrons. The van der Waals surface area contributed by atoms with Gasteiger partial charge in [-0.2, -0.15) is 0 Å². The summed E-state index contributed by atoms with van der Waals surface area (Å²) in [6, 6.07) is 8.46. The van der Waals surface area contributed by atoms with E-state index in [0.29, 0.717) is 17.9 Å². The van der Waals surface area contributed by atoms with Crippen LogP contribution in [0.5, 0.6) is 5.75 Å². The molecule has 20 heavy (non-hydrogen) atoms. The number of aliphatic hydroxyl groups is 1. The molecule has 2 nitrogen and oxygen atoms in total. The van der Waals surface area contributed by atoms with E-state index in [1.54, 1.807) is 12.1 Å². The average molecular weight is 276 g/mol. The first-order valence-corrected chi connectivity index (χ1v) is 6.54. The first-order chi connectivity index (χ1) is 9.66. The van der Waals surface area contributed by atoms with Gasteiger partial charge in [0.05, 0.1) is 6.61 Å². The number of rotatable bonds is 2. The van der Waals surface area contributed by atoms with Gasteiger partial charge in [-0.05, 0) is 36.6 Å². The molecule has 1 aliphatic rings. The largest absolute Gasteiger partial charge is 0.493 e. The lowest BCUT2D eigenvalue weighted by Gasteiger charge is -2.23. The first kappa shape index (κ1) is 13.1.